The number of aromatic nitrogens is 3. The molecular formula is C18H27N6OS+. The van der Waals surface area contributed by atoms with Gasteiger partial charge in [0.15, 0.2) is 0 Å². The topological polar surface area (TPSA) is 92.0 Å². The monoisotopic (exact) mass is 375 g/mol. The van der Waals surface area contributed by atoms with Crippen LogP contribution in [0.3, 0.4) is 0 Å². The number of rotatable bonds is 7. The highest BCUT2D eigenvalue weighted by molar-refractivity contribution is 7.79. The summed E-state index contributed by atoms with van der Waals surface area (Å²) in [6.45, 7) is 4.17. The minimum Gasteiger partial charge on any atom is -0.494 e. The van der Waals surface area contributed by atoms with Gasteiger partial charge in [-0.05, 0) is 31.4 Å². The fourth-order valence-corrected chi connectivity index (χ4v) is 3.75. The molecule has 0 atom stereocenters. The Morgan fingerprint density at radius 2 is 2.08 bits per heavy atom. The maximum absolute atomic E-state index is 6.09. The molecule has 2 aromatic rings. The van der Waals surface area contributed by atoms with Crippen molar-refractivity contribution >= 4 is 23.3 Å². The van der Waals surface area contributed by atoms with E-state index in [4.69, 9.17) is 28.4 Å². The highest BCUT2D eigenvalue weighted by Gasteiger charge is 2.33. The van der Waals surface area contributed by atoms with E-state index >= 15 is 0 Å². The molecule has 26 heavy (non-hydrogen) atoms. The molecule has 0 amide bonds. The molecule has 7 nitrogen and oxygen atoms in total. The molecule has 8 heteroatoms. The highest BCUT2D eigenvalue weighted by atomic mass is 32.1. The highest BCUT2D eigenvalue weighted by Crippen LogP contribution is 2.24. The Morgan fingerprint density at radius 1 is 1.27 bits per heavy atom. The van der Waals surface area contributed by atoms with Crippen molar-refractivity contribution in [2.45, 2.75) is 38.8 Å². The normalized spacial score (nSPS) is 16.3. The molecule has 140 valence electrons. The van der Waals surface area contributed by atoms with E-state index < -0.39 is 0 Å². The van der Waals surface area contributed by atoms with Crippen LogP contribution in [0.15, 0.2) is 30.6 Å². The lowest BCUT2D eigenvalue weighted by Crippen LogP contribution is -2.57. The number of likely N-dealkylation sites (tertiary alicyclic amines) is 1. The SMILES string of the molecule is NC(=S)[N+]1(Cc2cccc(OCCCn3ncnc3N)c2)CCCCC1. The summed E-state index contributed by atoms with van der Waals surface area (Å²) in [5, 5.41) is 4.66. The third-order valence-corrected chi connectivity index (χ3v) is 5.34. The number of thiocarbonyl (C=S) groups is 1. The second-order valence-electron chi connectivity index (χ2n) is 6.84. The molecule has 0 aliphatic carbocycles. The Hall–Kier alpha value is -2.19. The molecule has 0 radical (unpaired) electrons. The summed E-state index contributed by atoms with van der Waals surface area (Å²) < 4.78 is 8.28. The number of nitrogens with two attached hydrogens (primary N) is 2. The minimum atomic E-state index is 0.431. The number of quaternary nitrogens is 1. The summed E-state index contributed by atoms with van der Waals surface area (Å²) in [6, 6.07) is 8.22. The van der Waals surface area contributed by atoms with Crippen molar-refractivity contribution in [2.75, 3.05) is 25.4 Å². The van der Waals surface area contributed by atoms with Crippen LogP contribution in [0.1, 0.15) is 31.2 Å². The Bertz CT molecular complexity index is 741. The summed E-state index contributed by atoms with van der Waals surface area (Å²) >= 11 is 5.39. The van der Waals surface area contributed by atoms with Gasteiger partial charge in [0.1, 0.15) is 18.6 Å². The second kappa shape index (κ2) is 8.46. The maximum Gasteiger partial charge on any atom is 0.267 e. The van der Waals surface area contributed by atoms with Crippen LogP contribution < -0.4 is 16.2 Å². The minimum absolute atomic E-state index is 0.431. The summed E-state index contributed by atoms with van der Waals surface area (Å²) in [5.74, 6) is 1.30. The zero-order chi connectivity index (χ0) is 18.4. The van der Waals surface area contributed by atoms with E-state index in [1.165, 1.54) is 31.2 Å². The van der Waals surface area contributed by atoms with Crippen molar-refractivity contribution in [3.05, 3.63) is 36.2 Å². The van der Waals surface area contributed by atoms with Gasteiger partial charge in [-0.15, -0.1) is 0 Å². The van der Waals surface area contributed by atoms with Crippen LogP contribution in [0, 0.1) is 0 Å². The van der Waals surface area contributed by atoms with Gasteiger partial charge in [0.2, 0.25) is 5.95 Å². The standard InChI is InChI=1S/C18H26N6OS/c19-17-21-14-22-23(17)8-5-11-25-16-7-4-6-15(12-16)13-24(18(20)26)9-2-1-3-10-24/h4,6-7,12,14H,1-3,5,8-11,13H2,(H3-,19,20,21,22,26)/p+1. The van der Waals surface area contributed by atoms with Crippen LogP contribution in [0.4, 0.5) is 5.95 Å². The quantitative estimate of drug-likeness (QED) is 0.437. The molecule has 0 bridgehead atoms. The molecule has 0 unspecified atom stereocenters. The molecule has 2 heterocycles. The first-order valence-electron chi connectivity index (χ1n) is 9.10. The van der Waals surface area contributed by atoms with Crippen molar-refractivity contribution in [1.82, 2.24) is 14.8 Å². The second-order valence-corrected chi connectivity index (χ2v) is 7.26. The number of piperidine rings is 1. The summed E-state index contributed by atoms with van der Waals surface area (Å²) in [6.07, 6.45) is 5.89. The lowest BCUT2D eigenvalue weighted by molar-refractivity contribution is -0.859. The van der Waals surface area contributed by atoms with Crippen LogP contribution in [0.2, 0.25) is 0 Å². The Kier molecular flexibility index (Phi) is 6.05. The number of nitrogen functional groups attached to an aromatic ring is 1. The Labute approximate surface area is 159 Å². The summed E-state index contributed by atoms with van der Waals surface area (Å²) in [5.41, 5.74) is 13.0. The molecule has 0 saturated carbocycles. The summed E-state index contributed by atoms with van der Waals surface area (Å²) in [7, 11) is 0. The van der Waals surface area contributed by atoms with Crippen LogP contribution in [-0.2, 0) is 13.1 Å². The van der Waals surface area contributed by atoms with Gasteiger partial charge < -0.3 is 16.2 Å². The van der Waals surface area contributed by atoms with E-state index in [1.54, 1.807) is 4.68 Å². The van der Waals surface area contributed by atoms with Gasteiger partial charge in [-0.2, -0.15) is 5.10 Å². The Balaban J connectivity index is 1.55. The zero-order valence-electron chi connectivity index (χ0n) is 15.0. The molecule has 1 aliphatic rings. The van der Waals surface area contributed by atoms with Gasteiger partial charge in [-0.3, -0.25) is 4.48 Å². The maximum atomic E-state index is 6.09. The fraction of sp³-hybridized carbons (Fsp3) is 0.500. The van der Waals surface area contributed by atoms with Crippen molar-refractivity contribution < 1.29 is 9.22 Å². The van der Waals surface area contributed by atoms with E-state index in [1.807, 2.05) is 12.1 Å². The van der Waals surface area contributed by atoms with E-state index in [2.05, 4.69) is 22.2 Å². The van der Waals surface area contributed by atoms with Crippen molar-refractivity contribution in [2.24, 2.45) is 5.73 Å². The Morgan fingerprint density at radius 3 is 2.77 bits per heavy atom. The molecule has 1 saturated heterocycles. The predicted octanol–water partition coefficient (Wildman–Crippen LogP) is 2.07. The third kappa shape index (κ3) is 4.50. The predicted molar refractivity (Wildman–Crippen MR) is 105 cm³/mol. The zero-order valence-corrected chi connectivity index (χ0v) is 15.8. The lowest BCUT2D eigenvalue weighted by atomic mass is 10.1. The molecule has 4 N–H and O–H groups in total. The van der Waals surface area contributed by atoms with Crippen molar-refractivity contribution in [3.63, 3.8) is 0 Å². The van der Waals surface area contributed by atoms with Crippen LogP contribution in [0.5, 0.6) is 5.75 Å². The van der Waals surface area contributed by atoms with Crippen molar-refractivity contribution in [3.8, 4) is 5.75 Å². The number of hydrogen-bond donors (Lipinski definition) is 2. The fourth-order valence-electron chi connectivity index (χ4n) is 3.51. The van der Waals surface area contributed by atoms with Gasteiger partial charge in [-0.25, -0.2) is 9.67 Å². The largest absolute Gasteiger partial charge is 0.494 e. The smallest absolute Gasteiger partial charge is 0.267 e. The molecule has 1 aromatic carbocycles. The van der Waals surface area contributed by atoms with E-state index in [0.717, 1.165) is 31.8 Å². The molecule has 1 aliphatic heterocycles. The van der Waals surface area contributed by atoms with Gasteiger partial charge in [-0.1, -0.05) is 12.1 Å². The van der Waals surface area contributed by atoms with E-state index in [-0.39, 0.29) is 0 Å². The molecular weight excluding hydrogens is 348 g/mol. The number of ether oxygens (including phenoxy) is 1. The average molecular weight is 376 g/mol. The molecule has 3 rings (SSSR count). The van der Waals surface area contributed by atoms with Gasteiger partial charge in [0.25, 0.3) is 5.11 Å². The van der Waals surface area contributed by atoms with Crippen LogP contribution >= 0.6 is 12.2 Å². The van der Waals surface area contributed by atoms with Gasteiger partial charge >= 0.3 is 0 Å². The molecule has 1 aromatic heterocycles. The van der Waals surface area contributed by atoms with E-state index in [0.29, 0.717) is 28.7 Å². The summed E-state index contributed by atoms with van der Waals surface area (Å²) in [4.78, 5) is 3.91. The molecule has 0 spiro atoms. The number of anilines is 1. The first-order valence-corrected chi connectivity index (χ1v) is 9.51. The first kappa shape index (κ1) is 18.6. The number of benzene rings is 1. The molecule has 1 fully saturated rings. The van der Waals surface area contributed by atoms with Crippen LogP contribution in [0.25, 0.3) is 0 Å². The van der Waals surface area contributed by atoms with Gasteiger partial charge in [0.05, 0.1) is 19.7 Å². The third-order valence-electron chi connectivity index (χ3n) is 4.95. The van der Waals surface area contributed by atoms with Gasteiger partial charge in [0, 0.05) is 30.7 Å². The number of aryl methyl sites for hydroxylation is 1. The number of hydrogen-bond acceptors (Lipinski definition) is 5. The van der Waals surface area contributed by atoms with Crippen LogP contribution in [-0.4, -0.2) is 44.1 Å². The first-order chi connectivity index (χ1) is 12.6. The van der Waals surface area contributed by atoms with E-state index in [9.17, 15) is 0 Å². The van der Waals surface area contributed by atoms with Crippen molar-refractivity contribution in [1.29, 1.82) is 0 Å². The number of nitrogens with zero attached hydrogens (tertiary/aromatic N) is 4. The average Bonchev–Trinajstić information content (AvgIpc) is 3.05. The lowest BCUT2D eigenvalue weighted by Gasteiger charge is -2.39.